The Bertz CT molecular complexity index is 847. The van der Waals surface area contributed by atoms with Gasteiger partial charge in [-0.25, -0.2) is 0 Å². The predicted octanol–water partition coefficient (Wildman–Crippen LogP) is 8.11. The van der Waals surface area contributed by atoms with E-state index in [1.165, 1.54) is 72.2 Å². The summed E-state index contributed by atoms with van der Waals surface area (Å²) in [5.74, 6) is 1.56. The van der Waals surface area contributed by atoms with E-state index in [2.05, 4.69) is 87.9 Å². The molecule has 3 aliphatic rings. The van der Waals surface area contributed by atoms with Crippen LogP contribution in [0.2, 0.25) is 0 Å². The van der Waals surface area contributed by atoms with Crippen molar-refractivity contribution in [2.75, 3.05) is 6.67 Å². The molecule has 0 N–H and O–H groups in total. The Labute approximate surface area is 190 Å². The van der Waals surface area contributed by atoms with Gasteiger partial charge < -0.3 is 9.80 Å². The Morgan fingerprint density at radius 2 is 1.42 bits per heavy atom. The van der Waals surface area contributed by atoms with Crippen molar-refractivity contribution in [2.45, 2.75) is 104 Å². The van der Waals surface area contributed by atoms with Crippen LogP contribution in [0.5, 0.6) is 0 Å². The van der Waals surface area contributed by atoms with Crippen molar-refractivity contribution in [1.29, 1.82) is 0 Å². The molecule has 0 aromatic heterocycles. The van der Waals surface area contributed by atoms with Crippen molar-refractivity contribution in [3.8, 4) is 0 Å². The van der Waals surface area contributed by atoms with E-state index in [-0.39, 0.29) is 0 Å². The lowest BCUT2D eigenvalue weighted by atomic mass is 9.82. The van der Waals surface area contributed by atoms with E-state index >= 15 is 0 Å². The Balaban J connectivity index is 1.74. The number of nitrogens with zero attached hydrogens (tertiary/aromatic N) is 2. The summed E-state index contributed by atoms with van der Waals surface area (Å²) in [7, 11) is 0. The second kappa shape index (κ2) is 9.27. The first-order valence-electron chi connectivity index (χ1n) is 12.7. The van der Waals surface area contributed by atoms with E-state index in [0.717, 1.165) is 6.67 Å². The fraction of sp³-hybridized carbons (Fsp3) is 0.586. The molecule has 0 unspecified atom stereocenters. The molecule has 4 rings (SSSR count). The van der Waals surface area contributed by atoms with E-state index in [4.69, 9.17) is 0 Å². The number of hydrogen-bond donors (Lipinski definition) is 0. The van der Waals surface area contributed by atoms with Crippen LogP contribution in [0.1, 0.15) is 120 Å². The highest BCUT2D eigenvalue weighted by molar-refractivity contribution is 5.76. The molecule has 2 heteroatoms. The van der Waals surface area contributed by atoms with Gasteiger partial charge in [-0.1, -0.05) is 85.4 Å². The fourth-order valence-corrected chi connectivity index (χ4v) is 5.48. The second-order valence-corrected chi connectivity index (χ2v) is 10.7. The standard InChI is InChI=1S/C29H42N2/c1-20(2)23-16-26(21(3)4)29(27(17-23)22(5)6)28-15-11-14-25-18-30(19-31(25)28)24-12-9-7-8-10-13-24/h11,14-18,20-22,24H,7-10,12-13,19H2,1-6H3. The Morgan fingerprint density at radius 1 is 0.806 bits per heavy atom. The van der Waals surface area contributed by atoms with Crippen LogP contribution in [0.4, 0.5) is 0 Å². The lowest BCUT2D eigenvalue weighted by Crippen LogP contribution is -2.34. The maximum absolute atomic E-state index is 2.64. The van der Waals surface area contributed by atoms with Crippen LogP contribution < -0.4 is 0 Å². The Morgan fingerprint density at radius 3 is 1.97 bits per heavy atom. The number of rotatable bonds is 5. The van der Waals surface area contributed by atoms with Gasteiger partial charge in [-0.15, -0.1) is 0 Å². The van der Waals surface area contributed by atoms with E-state index < -0.39 is 0 Å². The zero-order valence-electron chi connectivity index (χ0n) is 20.6. The molecule has 168 valence electrons. The average molecular weight is 419 g/mol. The minimum atomic E-state index is 0.506. The van der Waals surface area contributed by atoms with Crippen LogP contribution in [0.25, 0.3) is 5.70 Å². The summed E-state index contributed by atoms with van der Waals surface area (Å²) in [4.78, 5) is 5.21. The molecule has 0 saturated heterocycles. The molecule has 2 nitrogen and oxygen atoms in total. The molecule has 1 fully saturated rings. The minimum Gasteiger partial charge on any atom is -0.355 e. The zero-order chi connectivity index (χ0) is 22.1. The van der Waals surface area contributed by atoms with Crippen molar-refractivity contribution >= 4 is 5.70 Å². The molecule has 2 aliphatic heterocycles. The van der Waals surface area contributed by atoms with Gasteiger partial charge >= 0.3 is 0 Å². The van der Waals surface area contributed by atoms with Crippen LogP contribution >= 0.6 is 0 Å². The number of benzene rings is 1. The molecule has 1 aliphatic carbocycles. The van der Waals surface area contributed by atoms with Gasteiger partial charge in [0.05, 0.1) is 18.1 Å². The first kappa shape index (κ1) is 22.2. The lowest BCUT2D eigenvalue weighted by molar-refractivity contribution is 0.225. The predicted molar refractivity (Wildman–Crippen MR) is 134 cm³/mol. The highest BCUT2D eigenvalue weighted by atomic mass is 15.4. The molecule has 0 radical (unpaired) electrons. The van der Waals surface area contributed by atoms with Gasteiger partial charge in [-0.3, -0.25) is 0 Å². The quantitative estimate of drug-likeness (QED) is 0.446. The molecule has 1 aromatic rings. The van der Waals surface area contributed by atoms with Crippen LogP contribution in [0.15, 0.2) is 42.3 Å². The molecule has 0 atom stereocenters. The minimum absolute atomic E-state index is 0.506. The molecular weight excluding hydrogens is 376 g/mol. The average Bonchev–Trinajstić information content (AvgIpc) is 2.99. The highest BCUT2D eigenvalue weighted by Crippen LogP contribution is 2.41. The summed E-state index contributed by atoms with van der Waals surface area (Å²) in [6.45, 7) is 15.0. The van der Waals surface area contributed by atoms with Crippen LogP contribution in [-0.4, -0.2) is 22.5 Å². The Hall–Kier alpha value is -1.96. The molecular formula is C29H42N2. The van der Waals surface area contributed by atoms with Crippen molar-refractivity contribution in [1.82, 2.24) is 9.80 Å². The zero-order valence-corrected chi connectivity index (χ0v) is 20.6. The molecule has 1 aromatic carbocycles. The second-order valence-electron chi connectivity index (χ2n) is 10.7. The van der Waals surface area contributed by atoms with Gasteiger partial charge in [-0.2, -0.15) is 0 Å². The van der Waals surface area contributed by atoms with E-state index in [1.54, 1.807) is 0 Å². The first-order chi connectivity index (χ1) is 14.9. The maximum Gasteiger partial charge on any atom is 0.0950 e. The fourth-order valence-electron chi connectivity index (χ4n) is 5.48. The van der Waals surface area contributed by atoms with Gasteiger partial charge in [0, 0.05) is 17.8 Å². The summed E-state index contributed by atoms with van der Waals surface area (Å²) in [6, 6.07) is 5.67. The molecule has 2 heterocycles. The molecule has 31 heavy (non-hydrogen) atoms. The molecule has 0 amide bonds. The number of hydrogen-bond acceptors (Lipinski definition) is 2. The largest absolute Gasteiger partial charge is 0.355 e. The number of allylic oxidation sites excluding steroid dienone is 3. The Kier molecular flexibility index (Phi) is 6.65. The SMILES string of the molecule is CC(C)c1cc(C(C)C)c(C2=CC=CC3=CN(C4CCCCCC4)CN32)c(C(C)C)c1. The molecule has 0 bridgehead atoms. The highest BCUT2D eigenvalue weighted by Gasteiger charge is 2.32. The maximum atomic E-state index is 2.64. The monoisotopic (exact) mass is 418 g/mol. The van der Waals surface area contributed by atoms with Crippen LogP contribution in [-0.2, 0) is 0 Å². The van der Waals surface area contributed by atoms with Crippen LogP contribution in [0, 0.1) is 0 Å². The smallest absolute Gasteiger partial charge is 0.0950 e. The van der Waals surface area contributed by atoms with Gasteiger partial charge in [-0.05, 0) is 59.4 Å². The summed E-state index contributed by atoms with van der Waals surface area (Å²) < 4.78 is 0. The van der Waals surface area contributed by atoms with E-state index in [0.29, 0.717) is 23.8 Å². The first-order valence-corrected chi connectivity index (χ1v) is 12.7. The van der Waals surface area contributed by atoms with Gasteiger partial charge in [0.2, 0.25) is 0 Å². The summed E-state index contributed by atoms with van der Waals surface area (Å²) in [5.41, 5.74) is 8.71. The van der Waals surface area contributed by atoms with Crippen molar-refractivity contribution < 1.29 is 0 Å². The van der Waals surface area contributed by atoms with E-state index in [9.17, 15) is 0 Å². The van der Waals surface area contributed by atoms with E-state index in [1.807, 2.05) is 0 Å². The van der Waals surface area contributed by atoms with Gasteiger partial charge in [0.15, 0.2) is 0 Å². The summed E-state index contributed by atoms with van der Waals surface area (Å²) in [5, 5.41) is 0. The van der Waals surface area contributed by atoms with Crippen molar-refractivity contribution in [3.63, 3.8) is 0 Å². The van der Waals surface area contributed by atoms with Crippen molar-refractivity contribution in [3.05, 3.63) is 64.5 Å². The third kappa shape index (κ3) is 4.49. The third-order valence-corrected chi connectivity index (χ3v) is 7.41. The number of fused-ring (bicyclic) bond motifs is 1. The molecule has 1 saturated carbocycles. The normalized spacial score (nSPS) is 19.9. The van der Waals surface area contributed by atoms with Gasteiger partial charge in [0.25, 0.3) is 0 Å². The third-order valence-electron chi connectivity index (χ3n) is 7.41. The van der Waals surface area contributed by atoms with Gasteiger partial charge in [0.1, 0.15) is 0 Å². The topological polar surface area (TPSA) is 6.48 Å². The van der Waals surface area contributed by atoms with Crippen LogP contribution in [0.3, 0.4) is 0 Å². The summed E-state index contributed by atoms with van der Waals surface area (Å²) in [6.07, 6.45) is 17.6. The molecule has 0 spiro atoms. The van der Waals surface area contributed by atoms with Crippen molar-refractivity contribution in [2.24, 2.45) is 0 Å². The lowest BCUT2D eigenvalue weighted by Gasteiger charge is -2.34. The summed E-state index contributed by atoms with van der Waals surface area (Å²) >= 11 is 0.